The zero-order valence-electron chi connectivity index (χ0n) is 10.1. The van der Waals surface area contributed by atoms with E-state index >= 15 is 0 Å². The molecule has 0 radical (unpaired) electrons. The normalized spacial score (nSPS) is 21.1. The van der Waals surface area contributed by atoms with Crippen LogP contribution < -0.4 is 11.6 Å². The first-order valence-corrected chi connectivity index (χ1v) is 5.95. The molecule has 3 heteroatoms. The molecular weight excluding hydrogens is 198 g/mol. The fraction of sp³-hybridized carbons (Fsp3) is 0.538. The zero-order valence-corrected chi connectivity index (χ0v) is 10.1. The van der Waals surface area contributed by atoms with Crippen LogP contribution in [0.15, 0.2) is 18.2 Å². The molecule has 1 aromatic carbocycles. The van der Waals surface area contributed by atoms with E-state index in [1.807, 2.05) is 17.1 Å². The number of hydrazine groups is 1. The van der Waals surface area contributed by atoms with Gasteiger partial charge in [-0.05, 0) is 42.0 Å². The minimum atomic E-state index is 0.469. The van der Waals surface area contributed by atoms with Crippen molar-refractivity contribution in [3.63, 3.8) is 0 Å². The van der Waals surface area contributed by atoms with Gasteiger partial charge in [0.15, 0.2) is 0 Å². The molecule has 1 aliphatic heterocycles. The Bertz CT molecular complexity index is 373. The largest absolute Gasteiger partial charge is 0.399 e. The summed E-state index contributed by atoms with van der Waals surface area (Å²) in [5.74, 6) is 6.77. The molecule has 88 valence electrons. The van der Waals surface area contributed by atoms with Gasteiger partial charge in [0.1, 0.15) is 0 Å². The highest BCUT2D eigenvalue weighted by atomic mass is 15.4. The van der Waals surface area contributed by atoms with E-state index in [0.29, 0.717) is 12.0 Å². The smallest absolute Gasteiger partial charge is 0.0386 e. The maximum absolute atomic E-state index is 6.08. The molecule has 4 N–H and O–H groups in total. The minimum Gasteiger partial charge on any atom is -0.399 e. The second-order valence-electron chi connectivity index (χ2n) is 5.19. The molecule has 3 nitrogen and oxygen atoms in total. The van der Waals surface area contributed by atoms with Crippen LogP contribution in [0.3, 0.4) is 0 Å². The molecule has 1 aliphatic rings. The molecule has 1 atom stereocenters. The molecule has 0 fully saturated rings. The van der Waals surface area contributed by atoms with Gasteiger partial charge in [0, 0.05) is 18.3 Å². The minimum absolute atomic E-state index is 0.469. The predicted octanol–water partition coefficient (Wildman–Crippen LogP) is 1.92. The fourth-order valence-corrected chi connectivity index (χ4v) is 2.45. The van der Waals surface area contributed by atoms with Gasteiger partial charge < -0.3 is 5.73 Å². The molecular formula is C13H21N3. The summed E-state index contributed by atoms with van der Waals surface area (Å²) in [7, 11) is 0. The van der Waals surface area contributed by atoms with E-state index in [4.69, 9.17) is 11.6 Å². The maximum Gasteiger partial charge on any atom is 0.0386 e. The molecule has 1 unspecified atom stereocenters. The summed E-state index contributed by atoms with van der Waals surface area (Å²) in [6.07, 6.45) is 2.20. The van der Waals surface area contributed by atoms with E-state index in [2.05, 4.69) is 19.9 Å². The summed E-state index contributed by atoms with van der Waals surface area (Å²) in [6.45, 7) is 5.30. The second kappa shape index (κ2) is 4.44. The van der Waals surface area contributed by atoms with E-state index < -0.39 is 0 Å². The first kappa shape index (κ1) is 11.4. The fourth-order valence-electron chi connectivity index (χ4n) is 2.45. The Balaban J connectivity index is 2.18. The quantitative estimate of drug-likeness (QED) is 0.590. The van der Waals surface area contributed by atoms with Crippen LogP contribution in [0.4, 0.5) is 5.69 Å². The average molecular weight is 219 g/mol. The summed E-state index contributed by atoms with van der Waals surface area (Å²) in [4.78, 5) is 0. The topological polar surface area (TPSA) is 55.3 Å². The van der Waals surface area contributed by atoms with E-state index in [1.54, 1.807) is 0 Å². The van der Waals surface area contributed by atoms with Crippen molar-refractivity contribution >= 4 is 5.69 Å². The highest BCUT2D eigenvalue weighted by Gasteiger charge is 2.24. The number of benzene rings is 1. The van der Waals surface area contributed by atoms with Gasteiger partial charge in [-0.2, -0.15) is 0 Å². The van der Waals surface area contributed by atoms with Crippen molar-refractivity contribution in [3.05, 3.63) is 29.3 Å². The number of nitrogens with two attached hydrogens (primary N) is 2. The van der Waals surface area contributed by atoms with E-state index in [0.717, 1.165) is 25.1 Å². The molecule has 2 rings (SSSR count). The summed E-state index contributed by atoms with van der Waals surface area (Å²) in [5.41, 5.74) is 9.30. The highest BCUT2D eigenvalue weighted by Crippen LogP contribution is 2.26. The Morgan fingerprint density at radius 1 is 1.38 bits per heavy atom. The summed E-state index contributed by atoms with van der Waals surface area (Å²) < 4.78 is 0. The molecule has 0 saturated heterocycles. The van der Waals surface area contributed by atoms with E-state index in [-0.39, 0.29) is 0 Å². The van der Waals surface area contributed by atoms with Crippen molar-refractivity contribution in [1.82, 2.24) is 5.01 Å². The third-order valence-corrected chi connectivity index (χ3v) is 3.25. The molecule has 0 bridgehead atoms. The van der Waals surface area contributed by atoms with Crippen molar-refractivity contribution in [2.45, 2.75) is 39.3 Å². The number of nitrogens with zero attached hydrogens (tertiary/aromatic N) is 1. The molecule has 0 spiro atoms. The maximum atomic E-state index is 6.08. The van der Waals surface area contributed by atoms with Crippen LogP contribution in [0.25, 0.3) is 0 Å². The van der Waals surface area contributed by atoms with Crippen molar-refractivity contribution in [1.29, 1.82) is 0 Å². The van der Waals surface area contributed by atoms with Crippen LogP contribution in [-0.4, -0.2) is 11.1 Å². The van der Waals surface area contributed by atoms with Crippen molar-refractivity contribution in [2.75, 3.05) is 5.73 Å². The summed E-state index contributed by atoms with van der Waals surface area (Å²) in [6, 6.07) is 6.64. The molecule has 1 heterocycles. The van der Waals surface area contributed by atoms with Crippen molar-refractivity contribution in [3.8, 4) is 0 Å². The van der Waals surface area contributed by atoms with Crippen LogP contribution >= 0.6 is 0 Å². The Morgan fingerprint density at radius 3 is 2.81 bits per heavy atom. The number of anilines is 1. The van der Waals surface area contributed by atoms with Crippen molar-refractivity contribution < 1.29 is 0 Å². The standard InChI is InChI=1S/C13H21N3/c1-9(2)5-13-7-10-3-4-12(14)6-11(10)8-16(13)15/h3-4,6,9,13H,5,7-8,14-15H2,1-2H3. The molecule has 16 heavy (non-hydrogen) atoms. The average Bonchev–Trinajstić information content (AvgIpc) is 2.19. The number of nitrogen functional groups attached to an aromatic ring is 1. The number of fused-ring (bicyclic) bond motifs is 1. The van der Waals surface area contributed by atoms with Gasteiger partial charge in [-0.15, -0.1) is 0 Å². The number of hydrogen-bond acceptors (Lipinski definition) is 3. The van der Waals surface area contributed by atoms with E-state index in [9.17, 15) is 0 Å². The lowest BCUT2D eigenvalue weighted by atomic mass is 9.90. The van der Waals surface area contributed by atoms with Crippen LogP contribution in [0.2, 0.25) is 0 Å². The van der Waals surface area contributed by atoms with Crippen LogP contribution in [0.1, 0.15) is 31.4 Å². The van der Waals surface area contributed by atoms with Gasteiger partial charge in [0.2, 0.25) is 0 Å². The van der Waals surface area contributed by atoms with Crippen LogP contribution in [0.5, 0.6) is 0 Å². The Hall–Kier alpha value is -1.06. The summed E-state index contributed by atoms with van der Waals surface area (Å²) >= 11 is 0. The third-order valence-electron chi connectivity index (χ3n) is 3.25. The lowest BCUT2D eigenvalue weighted by Crippen LogP contribution is -2.45. The van der Waals surface area contributed by atoms with Gasteiger partial charge in [-0.1, -0.05) is 19.9 Å². The molecule has 0 aromatic heterocycles. The van der Waals surface area contributed by atoms with Gasteiger partial charge in [-0.25, -0.2) is 5.01 Å². The molecule has 0 aliphatic carbocycles. The van der Waals surface area contributed by atoms with E-state index in [1.165, 1.54) is 11.1 Å². The lowest BCUT2D eigenvalue weighted by Gasteiger charge is -2.34. The SMILES string of the molecule is CC(C)CC1Cc2ccc(N)cc2CN1N. The Morgan fingerprint density at radius 2 is 2.12 bits per heavy atom. The zero-order chi connectivity index (χ0) is 11.7. The first-order chi connectivity index (χ1) is 7.56. The number of hydrogen-bond donors (Lipinski definition) is 2. The highest BCUT2D eigenvalue weighted by molar-refractivity contribution is 5.45. The molecule has 1 aromatic rings. The van der Waals surface area contributed by atoms with Crippen molar-refractivity contribution in [2.24, 2.45) is 11.8 Å². The van der Waals surface area contributed by atoms with Crippen LogP contribution in [-0.2, 0) is 13.0 Å². The Labute approximate surface area is 97.4 Å². The second-order valence-corrected chi connectivity index (χ2v) is 5.19. The molecule has 0 amide bonds. The third kappa shape index (κ3) is 2.36. The first-order valence-electron chi connectivity index (χ1n) is 5.95. The Kier molecular flexibility index (Phi) is 3.17. The monoisotopic (exact) mass is 219 g/mol. The van der Waals surface area contributed by atoms with Gasteiger partial charge in [0.25, 0.3) is 0 Å². The van der Waals surface area contributed by atoms with Gasteiger partial charge >= 0.3 is 0 Å². The molecule has 0 saturated carbocycles. The summed E-state index contributed by atoms with van der Waals surface area (Å²) in [5, 5.41) is 1.96. The lowest BCUT2D eigenvalue weighted by molar-refractivity contribution is 0.153. The number of rotatable bonds is 2. The van der Waals surface area contributed by atoms with Gasteiger partial charge in [-0.3, -0.25) is 5.84 Å². The predicted molar refractivity (Wildman–Crippen MR) is 67.5 cm³/mol. The van der Waals surface area contributed by atoms with Crippen LogP contribution in [0, 0.1) is 5.92 Å². The van der Waals surface area contributed by atoms with Gasteiger partial charge in [0.05, 0.1) is 0 Å².